The van der Waals surface area contributed by atoms with Gasteiger partial charge in [-0.25, -0.2) is 5.01 Å². The molecule has 0 unspecified atom stereocenters. The Morgan fingerprint density at radius 3 is 2.67 bits per heavy atom. The molecule has 0 radical (unpaired) electrons. The van der Waals surface area contributed by atoms with Crippen molar-refractivity contribution in [2.24, 2.45) is 5.10 Å². The molecule has 0 aromatic carbocycles. The first kappa shape index (κ1) is 7.88. The highest BCUT2D eigenvalue weighted by molar-refractivity contribution is 5.76. The summed E-state index contributed by atoms with van der Waals surface area (Å²) < 4.78 is 0. The van der Waals surface area contributed by atoms with Crippen LogP contribution in [0.2, 0.25) is 0 Å². The topological polar surface area (TPSA) is 32.7 Å². The van der Waals surface area contributed by atoms with Gasteiger partial charge in [-0.3, -0.25) is 4.79 Å². The molecule has 1 amide bonds. The average molecular weight is 126 g/mol. The van der Waals surface area contributed by atoms with Gasteiger partial charge in [-0.1, -0.05) is 6.58 Å². The number of hydrogen-bond acceptors (Lipinski definition) is 2. The number of rotatable bonds is 2. The fourth-order valence-electron chi connectivity index (χ4n) is 0.228. The second kappa shape index (κ2) is 3.83. The van der Waals surface area contributed by atoms with Crippen LogP contribution >= 0.6 is 0 Å². The van der Waals surface area contributed by atoms with Crippen molar-refractivity contribution in [2.75, 3.05) is 7.05 Å². The molecular formula is C6H10N2O. The van der Waals surface area contributed by atoms with E-state index in [1.54, 1.807) is 7.05 Å². The van der Waals surface area contributed by atoms with E-state index in [0.29, 0.717) is 0 Å². The van der Waals surface area contributed by atoms with E-state index in [-0.39, 0.29) is 5.91 Å². The molecule has 0 saturated heterocycles. The SMILES string of the molecule is C=C/C=N\N(C)C(C)=O. The number of allylic oxidation sites excluding steroid dienone is 1. The molecule has 3 nitrogen and oxygen atoms in total. The molecule has 0 N–H and O–H groups in total. The third kappa shape index (κ3) is 3.46. The molecule has 0 aromatic rings. The van der Waals surface area contributed by atoms with Crippen molar-refractivity contribution in [2.45, 2.75) is 6.92 Å². The van der Waals surface area contributed by atoms with Crippen molar-refractivity contribution in [3.63, 3.8) is 0 Å². The molecule has 50 valence electrons. The molecule has 0 aromatic heterocycles. The number of carbonyl (C=O) groups is 1. The van der Waals surface area contributed by atoms with Gasteiger partial charge in [-0.15, -0.1) is 0 Å². The number of amides is 1. The normalized spacial score (nSPS) is 9.56. The van der Waals surface area contributed by atoms with Crippen LogP contribution in [-0.4, -0.2) is 24.2 Å². The Labute approximate surface area is 54.7 Å². The lowest BCUT2D eigenvalue weighted by Crippen LogP contribution is -2.16. The van der Waals surface area contributed by atoms with Gasteiger partial charge in [-0.2, -0.15) is 5.10 Å². The first-order valence-electron chi connectivity index (χ1n) is 2.57. The van der Waals surface area contributed by atoms with Crippen molar-refractivity contribution < 1.29 is 4.79 Å². The number of hydrogen-bond donors (Lipinski definition) is 0. The van der Waals surface area contributed by atoms with Gasteiger partial charge in [0.2, 0.25) is 5.91 Å². The van der Waals surface area contributed by atoms with E-state index in [1.165, 1.54) is 24.2 Å². The van der Waals surface area contributed by atoms with Gasteiger partial charge < -0.3 is 0 Å². The van der Waals surface area contributed by atoms with Crippen LogP contribution in [0.1, 0.15) is 6.92 Å². The minimum atomic E-state index is -0.0897. The van der Waals surface area contributed by atoms with Gasteiger partial charge in [0.25, 0.3) is 0 Å². The van der Waals surface area contributed by atoms with Gasteiger partial charge in [0, 0.05) is 20.2 Å². The summed E-state index contributed by atoms with van der Waals surface area (Å²) in [4.78, 5) is 10.4. The van der Waals surface area contributed by atoms with Crippen LogP contribution in [0.4, 0.5) is 0 Å². The van der Waals surface area contributed by atoms with E-state index in [9.17, 15) is 4.79 Å². The average Bonchev–Trinajstić information content (AvgIpc) is 1.82. The summed E-state index contributed by atoms with van der Waals surface area (Å²) in [5, 5.41) is 4.92. The maximum absolute atomic E-state index is 10.4. The fraction of sp³-hybridized carbons (Fsp3) is 0.333. The number of carbonyl (C=O) groups excluding carboxylic acids is 1. The van der Waals surface area contributed by atoms with Gasteiger partial charge >= 0.3 is 0 Å². The van der Waals surface area contributed by atoms with Crippen molar-refractivity contribution in [1.29, 1.82) is 0 Å². The molecule has 0 aliphatic rings. The molecule has 0 atom stereocenters. The highest BCUT2D eigenvalue weighted by Crippen LogP contribution is 1.81. The predicted octanol–water partition coefficient (Wildman–Crippen LogP) is 0.637. The Kier molecular flexibility index (Phi) is 3.35. The third-order valence-electron chi connectivity index (χ3n) is 0.801. The maximum Gasteiger partial charge on any atom is 0.239 e. The summed E-state index contributed by atoms with van der Waals surface area (Å²) in [7, 11) is 1.59. The van der Waals surface area contributed by atoms with Crippen molar-refractivity contribution in [1.82, 2.24) is 5.01 Å². The lowest BCUT2D eigenvalue weighted by atomic mass is 10.7. The fourth-order valence-corrected chi connectivity index (χ4v) is 0.228. The molecule has 9 heavy (non-hydrogen) atoms. The molecule has 0 bridgehead atoms. The Morgan fingerprint density at radius 2 is 2.33 bits per heavy atom. The maximum atomic E-state index is 10.4. The highest BCUT2D eigenvalue weighted by Gasteiger charge is 1.93. The van der Waals surface area contributed by atoms with E-state index in [1.807, 2.05) is 0 Å². The second-order valence-electron chi connectivity index (χ2n) is 1.54. The summed E-state index contributed by atoms with van der Waals surface area (Å²) in [6.45, 7) is 4.85. The van der Waals surface area contributed by atoms with Crippen LogP contribution in [0.3, 0.4) is 0 Å². The molecular weight excluding hydrogens is 116 g/mol. The van der Waals surface area contributed by atoms with Crippen molar-refractivity contribution >= 4 is 12.1 Å². The Morgan fingerprint density at radius 1 is 1.78 bits per heavy atom. The molecule has 0 aliphatic heterocycles. The second-order valence-corrected chi connectivity index (χ2v) is 1.54. The molecule has 0 rings (SSSR count). The Hall–Kier alpha value is -1.12. The van der Waals surface area contributed by atoms with E-state index in [4.69, 9.17) is 0 Å². The monoisotopic (exact) mass is 126 g/mol. The smallest absolute Gasteiger partial charge is 0.239 e. The number of nitrogens with zero attached hydrogens (tertiary/aromatic N) is 2. The summed E-state index contributed by atoms with van der Waals surface area (Å²) in [5.41, 5.74) is 0. The largest absolute Gasteiger partial charge is 0.273 e. The zero-order valence-corrected chi connectivity index (χ0v) is 5.66. The van der Waals surface area contributed by atoms with Crippen molar-refractivity contribution in [3.8, 4) is 0 Å². The highest BCUT2D eigenvalue weighted by atomic mass is 16.2. The first-order valence-corrected chi connectivity index (χ1v) is 2.57. The van der Waals surface area contributed by atoms with E-state index >= 15 is 0 Å². The number of hydrazone groups is 1. The first-order chi connectivity index (χ1) is 4.18. The summed E-state index contributed by atoms with van der Waals surface area (Å²) in [6.07, 6.45) is 2.97. The van der Waals surface area contributed by atoms with Crippen LogP contribution in [0.25, 0.3) is 0 Å². The minimum absolute atomic E-state index is 0.0897. The van der Waals surface area contributed by atoms with Crippen LogP contribution in [-0.2, 0) is 4.79 Å². The van der Waals surface area contributed by atoms with E-state index in [0.717, 1.165) is 0 Å². The van der Waals surface area contributed by atoms with Gasteiger partial charge in [-0.05, 0) is 6.08 Å². The van der Waals surface area contributed by atoms with Crippen molar-refractivity contribution in [3.05, 3.63) is 12.7 Å². The summed E-state index contributed by atoms with van der Waals surface area (Å²) >= 11 is 0. The standard InChI is InChI=1S/C6H10N2O/c1-4-5-7-8(3)6(2)9/h4-5H,1H2,2-3H3/b7-5-. The zero-order chi connectivity index (χ0) is 7.28. The Balaban J connectivity index is 3.75. The zero-order valence-electron chi connectivity index (χ0n) is 5.66. The minimum Gasteiger partial charge on any atom is -0.273 e. The van der Waals surface area contributed by atoms with E-state index in [2.05, 4.69) is 11.7 Å². The molecule has 0 saturated carbocycles. The predicted molar refractivity (Wildman–Crippen MR) is 37.1 cm³/mol. The molecule has 3 heteroatoms. The quantitative estimate of drug-likeness (QED) is 0.394. The van der Waals surface area contributed by atoms with Gasteiger partial charge in [0.05, 0.1) is 0 Å². The third-order valence-corrected chi connectivity index (χ3v) is 0.801. The summed E-state index contributed by atoms with van der Waals surface area (Å²) in [6, 6.07) is 0. The van der Waals surface area contributed by atoms with Crippen LogP contribution in [0, 0.1) is 0 Å². The Bertz CT molecular complexity index is 140. The van der Waals surface area contributed by atoms with Crippen LogP contribution < -0.4 is 0 Å². The van der Waals surface area contributed by atoms with Crippen LogP contribution in [0.5, 0.6) is 0 Å². The molecule has 0 fully saturated rings. The van der Waals surface area contributed by atoms with Gasteiger partial charge in [0.1, 0.15) is 0 Å². The van der Waals surface area contributed by atoms with E-state index < -0.39 is 0 Å². The summed E-state index contributed by atoms with van der Waals surface area (Å²) in [5.74, 6) is -0.0897. The lowest BCUT2D eigenvalue weighted by Gasteiger charge is -2.04. The molecule has 0 heterocycles. The molecule has 0 aliphatic carbocycles. The lowest BCUT2D eigenvalue weighted by molar-refractivity contribution is -0.127. The van der Waals surface area contributed by atoms with Crippen LogP contribution in [0.15, 0.2) is 17.8 Å². The molecule has 0 spiro atoms. The van der Waals surface area contributed by atoms with Gasteiger partial charge in [0.15, 0.2) is 0 Å².